The molecule has 1 atom stereocenters. The van der Waals surface area contributed by atoms with Crippen LogP contribution < -0.4 is 5.32 Å². The minimum absolute atomic E-state index is 0.206. The summed E-state index contributed by atoms with van der Waals surface area (Å²) in [6, 6.07) is 0.435. The minimum Gasteiger partial charge on any atom is -0.450 e. The molecule has 0 saturated carbocycles. The molecule has 0 aliphatic carbocycles. The number of amides is 1. The predicted molar refractivity (Wildman–Crippen MR) is 73.2 cm³/mol. The van der Waals surface area contributed by atoms with Gasteiger partial charge in [0.05, 0.1) is 6.61 Å². The van der Waals surface area contributed by atoms with Gasteiger partial charge in [-0.05, 0) is 19.8 Å². The van der Waals surface area contributed by atoms with Gasteiger partial charge >= 0.3 is 6.09 Å². The molecule has 1 heterocycles. The van der Waals surface area contributed by atoms with E-state index in [0.717, 1.165) is 38.2 Å². The molecule has 0 radical (unpaired) electrons. The van der Waals surface area contributed by atoms with Gasteiger partial charge in [-0.15, -0.1) is 0 Å². The highest BCUT2D eigenvalue weighted by molar-refractivity contribution is 7.84. The topological polar surface area (TPSA) is 58.6 Å². The number of hydrogen-bond acceptors (Lipinski definition) is 4. The van der Waals surface area contributed by atoms with Crippen LogP contribution in [0.25, 0.3) is 0 Å². The Bertz CT molecular complexity index is 278. The Morgan fingerprint density at radius 1 is 1.39 bits per heavy atom. The zero-order valence-electron chi connectivity index (χ0n) is 11.3. The van der Waals surface area contributed by atoms with Gasteiger partial charge in [0.2, 0.25) is 0 Å². The number of rotatable bonds is 6. The highest BCUT2D eigenvalue weighted by Gasteiger charge is 2.22. The molecule has 1 fully saturated rings. The number of nitrogens with zero attached hydrogens (tertiary/aromatic N) is 1. The van der Waals surface area contributed by atoms with Gasteiger partial charge in [0.15, 0.2) is 0 Å². The molecule has 1 saturated heterocycles. The molecule has 0 bridgehead atoms. The summed E-state index contributed by atoms with van der Waals surface area (Å²) in [5.74, 6) is 1.44. The number of carbonyl (C=O) groups is 1. The molecule has 1 amide bonds. The maximum atomic E-state index is 11.5. The van der Waals surface area contributed by atoms with Crippen molar-refractivity contribution in [2.75, 3.05) is 37.7 Å². The maximum Gasteiger partial charge on any atom is 0.409 e. The fourth-order valence-corrected chi connectivity index (χ4v) is 2.64. The summed E-state index contributed by atoms with van der Waals surface area (Å²) in [5.41, 5.74) is 0. The van der Waals surface area contributed by atoms with E-state index >= 15 is 0 Å². The van der Waals surface area contributed by atoms with E-state index in [1.54, 1.807) is 4.90 Å². The van der Waals surface area contributed by atoms with Gasteiger partial charge in [0.1, 0.15) is 0 Å². The first-order chi connectivity index (χ1) is 8.67. The first kappa shape index (κ1) is 15.4. The summed E-state index contributed by atoms with van der Waals surface area (Å²) in [7, 11) is -0.695. The van der Waals surface area contributed by atoms with Crippen LogP contribution in [0.5, 0.6) is 0 Å². The standard InChI is InChI=1S/C12H24N2O3S/c1-3-17-12(15)14-8-5-11(6-9-14)13-7-10-18(16)4-2/h11,13H,3-10H2,1-2H3. The van der Waals surface area contributed by atoms with E-state index in [2.05, 4.69) is 5.32 Å². The lowest BCUT2D eigenvalue weighted by molar-refractivity contribution is 0.0953. The van der Waals surface area contributed by atoms with Crippen molar-refractivity contribution < 1.29 is 13.7 Å². The lowest BCUT2D eigenvalue weighted by Gasteiger charge is -2.31. The molecule has 0 aromatic carbocycles. The normalized spacial score (nSPS) is 18.7. The van der Waals surface area contributed by atoms with Crippen LogP contribution in [-0.4, -0.2) is 59.0 Å². The minimum atomic E-state index is -0.695. The fourth-order valence-electron chi connectivity index (χ4n) is 2.00. The summed E-state index contributed by atoms with van der Waals surface area (Å²) >= 11 is 0. The van der Waals surface area contributed by atoms with E-state index in [4.69, 9.17) is 4.74 Å². The Morgan fingerprint density at radius 3 is 2.61 bits per heavy atom. The molecule has 1 aliphatic heterocycles. The van der Waals surface area contributed by atoms with Crippen molar-refractivity contribution in [2.45, 2.75) is 32.7 Å². The fraction of sp³-hybridized carbons (Fsp3) is 0.917. The van der Waals surface area contributed by atoms with E-state index in [1.807, 2.05) is 13.8 Å². The lowest BCUT2D eigenvalue weighted by atomic mass is 10.1. The number of ether oxygens (including phenoxy) is 1. The molecule has 5 nitrogen and oxygen atoms in total. The smallest absolute Gasteiger partial charge is 0.409 e. The van der Waals surface area contributed by atoms with Gasteiger partial charge < -0.3 is 15.0 Å². The molecule has 18 heavy (non-hydrogen) atoms. The van der Waals surface area contributed by atoms with Crippen molar-refractivity contribution >= 4 is 16.9 Å². The van der Waals surface area contributed by atoms with Crippen LogP contribution in [0.4, 0.5) is 4.79 Å². The number of carbonyl (C=O) groups excluding carboxylic acids is 1. The van der Waals surface area contributed by atoms with Crippen molar-refractivity contribution in [1.82, 2.24) is 10.2 Å². The SMILES string of the molecule is CCOC(=O)N1CCC(NCCS(=O)CC)CC1. The summed E-state index contributed by atoms with van der Waals surface area (Å²) in [4.78, 5) is 13.2. The average Bonchev–Trinajstić information content (AvgIpc) is 2.39. The molecule has 106 valence electrons. The molecule has 1 aliphatic rings. The summed E-state index contributed by atoms with van der Waals surface area (Å²) in [6.45, 7) is 6.47. The first-order valence-corrected chi connectivity index (χ1v) is 8.16. The third-order valence-corrected chi connectivity index (χ3v) is 4.41. The lowest BCUT2D eigenvalue weighted by Crippen LogP contribution is -2.45. The predicted octanol–water partition coefficient (Wildman–Crippen LogP) is 0.965. The van der Waals surface area contributed by atoms with E-state index in [0.29, 0.717) is 18.4 Å². The molecule has 6 heteroatoms. The van der Waals surface area contributed by atoms with Crippen molar-refractivity contribution in [2.24, 2.45) is 0 Å². The van der Waals surface area contributed by atoms with Crippen LogP contribution >= 0.6 is 0 Å². The van der Waals surface area contributed by atoms with Crippen LogP contribution in [0, 0.1) is 0 Å². The Morgan fingerprint density at radius 2 is 2.06 bits per heavy atom. The van der Waals surface area contributed by atoms with E-state index in [9.17, 15) is 9.00 Å². The van der Waals surface area contributed by atoms with Crippen molar-refractivity contribution in [1.29, 1.82) is 0 Å². The molecule has 0 spiro atoms. The highest BCUT2D eigenvalue weighted by atomic mass is 32.2. The summed E-state index contributed by atoms with van der Waals surface area (Å²) in [6.07, 6.45) is 1.68. The van der Waals surface area contributed by atoms with Gasteiger partial charge in [-0.3, -0.25) is 4.21 Å². The third-order valence-electron chi connectivity index (χ3n) is 3.11. The molecular weight excluding hydrogens is 252 g/mol. The molecule has 1 unspecified atom stereocenters. The van der Waals surface area contributed by atoms with Gasteiger partial charge in [-0.25, -0.2) is 4.79 Å². The zero-order chi connectivity index (χ0) is 13.4. The van der Waals surface area contributed by atoms with Gasteiger partial charge in [-0.1, -0.05) is 6.92 Å². The molecule has 0 aromatic rings. The number of hydrogen-bond donors (Lipinski definition) is 1. The van der Waals surface area contributed by atoms with Gasteiger partial charge in [-0.2, -0.15) is 0 Å². The van der Waals surface area contributed by atoms with Crippen molar-refractivity contribution in [3.63, 3.8) is 0 Å². The Hall–Kier alpha value is -0.620. The second-order valence-electron chi connectivity index (χ2n) is 4.35. The van der Waals surface area contributed by atoms with Crippen molar-refractivity contribution in [3.8, 4) is 0 Å². The second-order valence-corrected chi connectivity index (χ2v) is 6.21. The number of likely N-dealkylation sites (tertiary alicyclic amines) is 1. The molecule has 0 aromatic heterocycles. The Balaban J connectivity index is 2.15. The van der Waals surface area contributed by atoms with Crippen LogP contribution in [0.2, 0.25) is 0 Å². The second kappa shape index (κ2) is 8.48. The maximum absolute atomic E-state index is 11.5. The Labute approximate surface area is 112 Å². The number of piperidine rings is 1. The van der Waals surface area contributed by atoms with Crippen LogP contribution in [0.1, 0.15) is 26.7 Å². The summed E-state index contributed by atoms with van der Waals surface area (Å²) in [5, 5.41) is 3.41. The number of nitrogens with one attached hydrogen (secondary N) is 1. The summed E-state index contributed by atoms with van der Waals surface area (Å²) < 4.78 is 16.2. The largest absolute Gasteiger partial charge is 0.450 e. The monoisotopic (exact) mass is 276 g/mol. The van der Waals surface area contributed by atoms with E-state index < -0.39 is 10.8 Å². The first-order valence-electron chi connectivity index (χ1n) is 6.67. The van der Waals surface area contributed by atoms with E-state index in [1.165, 1.54) is 0 Å². The van der Waals surface area contributed by atoms with Crippen molar-refractivity contribution in [3.05, 3.63) is 0 Å². The van der Waals surface area contributed by atoms with Gasteiger partial charge in [0, 0.05) is 48.0 Å². The zero-order valence-corrected chi connectivity index (χ0v) is 12.1. The van der Waals surface area contributed by atoms with Crippen LogP contribution in [0.15, 0.2) is 0 Å². The van der Waals surface area contributed by atoms with Crippen LogP contribution in [-0.2, 0) is 15.5 Å². The average molecular weight is 276 g/mol. The molecule has 1 rings (SSSR count). The molecular formula is C12H24N2O3S. The van der Waals surface area contributed by atoms with E-state index in [-0.39, 0.29) is 6.09 Å². The highest BCUT2D eigenvalue weighted by Crippen LogP contribution is 2.11. The quantitative estimate of drug-likeness (QED) is 0.785. The molecule has 1 N–H and O–H groups in total. The third kappa shape index (κ3) is 5.35. The van der Waals surface area contributed by atoms with Gasteiger partial charge in [0.25, 0.3) is 0 Å². The van der Waals surface area contributed by atoms with Crippen LogP contribution in [0.3, 0.4) is 0 Å². The Kier molecular flexibility index (Phi) is 7.27.